The molecule has 7 heteroatoms. The molecule has 0 radical (unpaired) electrons. The van der Waals surface area contributed by atoms with Gasteiger partial charge in [0.25, 0.3) is 0 Å². The van der Waals surface area contributed by atoms with E-state index in [0.717, 1.165) is 10.4 Å². The van der Waals surface area contributed by atoms with Crippen LogP contribution in [0.15, 0.2) is 11.2 Å². The van der Waals surface area contributed by atoms with Crippen molar-refractivity contribution >= 4 is 28.7 Å². The number of nitrogens with one attached hydrogen (secondary N) is 1. The molecule has 1 atom stereocenters. The molecule has 4 N–H and O–H groups in total. The summed E-state index contributed by atoms with van der Waals surface area (Å²) in [5.74, 6) is 0.208. The fraction of sp³-hybridized carbons (Fsp3) is 0.375. The van der Waals surface area contributed by atoms with Crippen molar-refractivity contribution < 1.29 is 5.11 Å². The van der Waals surface area contributed by atoms with E-state index in [4.69, 9.17) is 10.8 Å². The van der Waals surface area contributed by atoms with Crippen LogP contribution in [-0.2, 0) is 0 Å². The van der Waals surface area contributed by atoms with E-state index in [1.165, 1.54) is 11.8 Å². The zero-order valence-corrected chi connectivity index (χ0v) is 8.95. The van der Waals surface area contributed by atoms with Gasteiger partial charge in [-0.1, -0.05) is 18.7 Å². The van der Waals surface area contributed by atoms with Crippen molar-refractivity contribution in [2.24, 2.45) is 0 Å². The molecule has 1 unspecified atom stereocenters. The predicted octanol–water partition coefficient (Wildman–Crippen LogP) is 0.408. The molecule has 0 fully saturated rings. The summed E-state index contributed by atoms with van der Waals surface area (Å²) in [6.07, 6.45) is 1.65. The van der Waals surface area contributed by atoms with Crippen molar-refractivity contribution in [3.8, 4) is 0 Å². The Bertz CT molecular complexity index is 471. The van der Waals surface area contributed by atoms with Gasteiger partial charge in [-0.05, 0) is 0 Å². The highest BCUT2D eigenvalue weighted by atomic mass is 32.2. The number of thioether (sulfide) groups is 1. The molecule has 0 spiro atoms. The largest absolute Gasteiger partial charge is 0.395 e. The number of fused-ring (bicyclic) bond motifs is 1. The SMILES string of the molecule is CC(CO)Sc1nc(N)nc2[nH]ncc12. The van der Waals surface area contributed by atoms with Gasteiger partial charge in [0.15, 0.2) is 5.65 Å². The molecule has 0 aliphatic rings. The van der Waals surface area contributed by atoms with Crippen LogP contribution in [0.3, 0.4) is 0 Å². The summed E-state index contributed by atoms with van der Waals surface area (Å²) < 4.78 is 0. The second-order valence-corrected chi connectivity index (χ2v) is 4.56. The molecule has 6 nitrogen and oxygen atoms in total. The zero-order chi connectivity index (χ0) is 10.8. The Hall–Kier alpha value is -1.34. The number of nitrogen functional groups attached to an aromatic ring is 1. The molecule has 0 bridgehead atoms. The van der Waals surface area contributed by atoms with Gasteiger partial charge in [0.05, 0.1) is 18.2 Å². The molecule has 0 saturated carbocycles. The Labute approximate surface area is 90.3 Å². The van der Waals surface area contributed by atoms with E-state index < -0.39 is 0 Å². The fourth-order valence-corrected chi connectivity index (χ4v) is 2.02. The quantitative estimate of drug-likeness (QED) is 0.516. The van der Waals surface area contributed by atoms with Gasteiger partial charge in [-0.25, -0.2) is 4.98 Å². The van der Waals surface area contributed by atoms with Crippen molar-refractivity contribution in [3.63, 3.8) is 0 Å². The van der Waals surface area contributed by atoms with Gasteiger partial charge >= 0.3 is 0 Å². The highest BCUT2D eigenvalue weighted by Gasteiger charge is 2.11. The number of hydrogen-bond acceptors (Lipinski definition) is 6. The van der Waals surface area contributed by atoms with Gasteiger partial charge in [0, 0.05) is 5.25 Å². The van der Waals surface area contributed by atoms with Gasteiger partial charge in [-0.15, -0.1) is 0 Å². The number of nitrogens with zero attached hydrogens (tertiary/aromatic N) is 3. The van der Waals surface area contributed by atoms with Crippen molar-refractivity contribution in [2.45, 2.75) is 17.2 Å². The number of aromatic amines is 1. The number of aliphatic hydroxyl groups is 1. The predicted molar refractivity (Wildman–Crippen MR) is 58.5 cm³/mol. The van der Waals surface area contributed by atoms with E-state index in [-0.39, 0.29) is 17.8 Å². The third-order valence-electron chi connectivity index (χ3n) is 1.86. The maximum absolute atomic E-state index is 8.97. The number of anilines is 1. The van der Waals surface area contributed by atoms with E-state index in [9.17, 15) is 0 Å². The third kappa shape index (κ3) is 2.02. The first-order chi connectivity index (χ1) is 7.20. The fourth-order valence-electron chi connectivity index (χ4n) is 1.14. The molecular weight excluding hydrogens is 214 g/mol. The summed E-state index contributed by atoms with van der Waals surface area (Å²) >= 11 is 1.45. The highest BCUT2D eigenvalue weighted by Crippen LogP contribution is 2.27. The first-order valence-corrected chi connectivity index (χ1v) is 5.32. The molecular formula is C8H11N5OS. The molecule has 2 heterocycles. The lowest BCUT2D eigenvalue weighted by molar-refractivity contribution is 0.300. The second kappa shape index (κ2) is 4.03. The summed E-state index contributed by atoms with van der Waals surface area (Å²) in [6.45, 7) is 2.00. The summed E-state index contributed by atoms with van der Waals surface area (Å²) in [4.78, 5) is 8.12. The Balaban J connectivity index is 2.44. The van der Waals surface area contributed by atoms with Crippen LogP contribution in [0.4, 0.5) is 5.95 Å². The third-order valence-corrected chi connectivity index (χ3v) is 2.95. The minimum Gasteiger partial charge on any atom is -0.395 e. The second-order valence-electron chi connectivity index (χ2n) is 3.13. The number of aliphatic hydroxyl groups excluding tert-OH is 1. The molecule has 15 heavy (non-hydrogen) atoms. The monoisotopic (exact) mass is 225 g/mol. The Morgan fingerprint density at radius 2 is 2.40 bits per heavy atom. The highest BCUT2D eigenvalue weighted by molar-refractivity contribution is 8.00. The van der Waals surface area contributed by atoms with E-state index >= 15 is 0 Å². The maximum atomic E-state index is 8.97. The van der Waals surface area contributed by atoms with Crippen LogP contribution >= 0.6 is 11.8 Å². The van der Waals surface area contributed by atoms with Crippen molar-refractivity contribution in [2.75, 3.05) is 12.3 Å². The number of rotatable bonds is 3. The Kier molecular flexibility index (Phi) is 2.74. The lowest BCUT2D eigenvalue weighted by Crippen LogP contribution is -2.04. The minimum absolute atomic E-state index is 0.0670. The van der Waals surface area contributed by atoms with Crippen LogP contribution < -0.4 is 5.73 Å². The van der Waals surface area contributed by atoms with Gasteiger partial charge < -0.3 is 10.8 Å². The van der Waals surface area contributed by atoms with Crippen molar-refractivity contribution in [1.29, 1.82) is 0 Å². The normalized spacial score (nSPS) is 13.2. The van der Waals surface area contributed by atoms with Crippen LogP contribution in [0.25, 0.3) is 11.0 Å². The lowest BCUT2D eigenvalue weighted by Gasteiger charge is -2.07. The van der Waals surface area contributed by atoms with E-state index in [1.54, 1.807) is 6.20 Å². The molecule has 0 saturated heterocycles. The lowest BCUT2D eigenvalue weighted by atomic mass is 10.4. The van der Waals surface area contributed by atoms with Crippen LogP contribution in [0.5, 0.6) is 0 Å². The molecule has 2 aromatic heterocycles. The zero-order valence-electron chi connectivity index (χ0n) is 8.14. The van der Waals surface area contributed by atoms with Crippen molar-refractivity contribution in [3.05, 3.63) is 6.20 Å². The molecule has 0 aromatic carbocycles. The Morgan fingerprint density at radius 1 is 1.60 bits per heavy atom. The van der Waals surface area contributed by atoms with E-state index in [0.29, 0.717) is 5.65 Å². The minimum atomic E-state index is 0.0670. The molecule has 0 amide bonds. The smallest absolute Gasteiger partial charge is 0.223 e. The summed E-state index contributed by atoms with van der Waals surface area (Å²) in [7, 11) is 0. The molecule has 2 aromatic rings. The van der Waals surface area contributed by atoms with Crippen LogP contribution in [0.1, 0.15) is 6.92 Å². The molecule has 80 valence electrons. The van der Waals surface area contributed by atoms with Gasteiger partial charge in [0.2, 0.25) is 5.95 Å². The average molecular weight is 225 g/mol. The number of H-pyrrole nitrogens is 1. The summed E-state index contributed by atoms with van der Waals surface area (Å²) in [5.41, 5.74) is 6.18. The molecule has 0 aliphatic carbocycles. The first-order valence-electron chi connectivity index (χ1n) is 4.45. The summed E-state index contributed by atoms with van der Waals surface area (Å²) in [5, 5.41) is 17.2. The van der Waals surface area contributed by atoms with Crippen molar-refractivity contribution in [1.82, 2.24) is 20.2 Å². The van der Waals surface area contributed by atoms with E-state index in [1.807, 2.05) is 6.92 Å². The summed E-state index contributed by atoms with van der Waals surface area (Å²) in [6, 6.07) is 0. The van der Waals surface area contributed by atoms with Gasteiger partial charge in [0.1, 0.15) is 5.03 Å². The number of aromatic nitrogens is 4. The van der Waals surface area contributed by atoms with Crippen LogP contribution in [0, 0.1) is 0 Å². The number of nitrogens with two attached hydrogens (primary N) is 1. The van der Waals surface area contributed by atoms with E-state index in [2.05, 4.69) is 20.2 Å². The topological polar surface area (TPSA) is 101 Å². The van der Waals surface area contributed by atoms with Gasteiger partial charge in [-0.3, -0.25) is 5.10 Å². The number of hydrogen-bond donors (Lipinski definition) is 3. The molecule has 2 rings (SSSR count). The maximum Gasteiger partial charge on any atom is 0.223 e. The van der Waals surface area contributed by atoms with Crippen LogP contribution in [0.2, 0.25) is 0 Å². The van der Waals surface area contributed by atoms with Gasteiger partial charge in [-0.2, -0.15) is 10.1 Å². The van der Waals surface area contributed by atoms with Crippen LogP contribution in [-0.4, -0.2) is 37.1 Å². The molecule has 0 aliphatic heterocycles. The first kappa shape index (κ1) is 10.2. The Morgan fingerprint density at radius 3 is 3.13 bits per heavy atom. The standard InChI is InChI=1S/C8H11N5OS/c1-4(3-14)15-7-5-2-10-13-6(5)11-8(9)12-7/h2,4,14H,3H2,1H3,(H3,9,10,11,12,13). The average Bonchev–Trinajstić information content (AvgIpc) is 2.65.